The zero-order valence-electron chi connectivity index (χ0n) is 12.0. The third-order valence-corrected chi connectivity index (χ3v) is 5.21. The highest BCUT2D eigenvalue weighted by Crippen LogP contribution is 2.58. The van der Waals surface area contributed by atoms with Gasteiger partial charge in [-0.25, -0.2) is 0 Å². The molecular weight excluding hydrogens is 234 g/mol. The van der Waals surface area contributed by atoms with E-state index in [4.69, 9.17) is 10.5 Å². The standard InChI is InChI=1S/C17H25NO/c1-19-15-8-6-14(7-9-15)17(18)12-16(13-17)10-4-2-3-5-11-16/h6-9H,2-5,10-13,18H2,1H3. The first kappa shape index (κ1) is 13.0. The fraction of sp³-hybridized carbons (Fsp3) is 0.647. The molecule has 0 aliphatic heterocycles. The van der Waals surface area contributed by atoms with Crippen molar-refractivity contribution < 1.29 is 4.74 Å². The molecule has 0 amide bonds. The first-order valence-electron chi connectivity index (χ1n) is 7.59. The predicted octanol–water partition coefficient (Wildman–Crippen LogP) is 3.98. The number of rotatable bonds is 2. The van der Waals surface area contributed by atoms with Crippen LogP contribution in [0.4, 0.5) is 0 Å². The Hall–Kier alpha value is -1.02. The first-order valence-corrected chi connectivity index (χ1v) is 7.59. The second-order valence-electron chi connectivity index (χ2n) is 6.65. The number of methoxy groups -OCH3 is 1. The van der Waals surface area contributed by atoms with E-state index in [1.807, 2.05) is 12.1 Å². The Morgan fingerprint density at radius 2 is 1.53 bits per heavy atom. The first-order chi connectivity index (χ1) is 9.16. The summed E-state index contributed by atoms with van der Waals surface area (Å²) in [6.07, 6.45) is 10.8. The zero-order valence-corrected chi connectivity index (χ0v) is 12.0. The topological polar surface area (TPSA) is 35.2 Å². The Balaban J connectivity index is 1.72. The van der Waals surface area contributed by atoms with Crippen LogP contribution in [0.1, 0.15) is 56.9 Å². The number of ether oxygens (including phenoxy) is 1. The molecule has 104 valence electrons. The average Bonchev–Trinajstić information content (AvgIpc) is 2.64. The smallest absolute Gasteiger partial charge is 0.118 e. The van der Waals surface area contributed by atoms with E-state index in [1.165, 1.54) is 56.9 Å². The summed E-state index contributed by atoms with van der Waals surface area (Å²) in [4.78, 5) is 0. The van der Waals surface area contributed by atoms with Gasteiger partial charge in [0.25, 0.3) is 0 Å². The van der Waals surface area contributed by atoms with Crippen molar-refractivity contribution in [3.8, 4) is 5.75 Å². The monoisotopic (exact) mass is 259 g/mol. The van der Waals surface area contributed by atoms with Gasteiger partial charge < -0.3 is 10.5 Å². The lowest BCUT2D eigenvalue weighted by Crippen LogP contribution is -2.55. The van der Waals surface area contributed by atoms with E-state index >= 15 is 0 Å². The van der Waals surface area contributed by atoms with E-state index in [0.717, 1.165) is 5.75 Å². The number of hydrogen-bond donors (Lipinski definition) is 1. The van der Waals surface area contributed by atoms with Gasteiger partial charge in [-0.15, -0.1) is 0 Å². The lowest BCUT2D eigenvalue weighted by atomic mass is 9.53. The third kappa shape index (κ3) is 2.38. The second-order valence-corrected chi connectivity index (χ2v) is 6.65. The van der Waals surface area contributed by atoms with Crippen molar-refractivity contribution in [3.63, 3.8) is 0 Å². The van der Waals surface area contributed by atoms with E-state index in [-0.39, 0.29) is 5.54 Å². The lowest BCUT2D eigenvalue weighted by molar-refractivity contribution is 0.00962. The van der Waals surface area contributed by atoms with E-state index in [2.05, 4.69) is 12.1 Å². The molecular formula is C17H25NO. The molecule has 2 fully saturated rings. The Morgan fingerprint density at radius 1 is 0.947 bits per heavy atom. The highest BCUT2D eigenvalue weighted by molar-refractivity contribution is 5.34. The van der Waals surface area contributed by atoms with Crippen molar-refractivity contribution in [3.05, 3.63) is 29.8 Å². The molecule has 1 aromatic carbocycles. The van der Waals surface area contributed by atoms with Gasteiger partial charge in [0.2, 0.25) is 0 Å². The minimum Gasteiger partial charge on any atom is -0.497 e. The van der Waals surface area contributed by atoms with Crippen LogP contribution in [-0.4, -0.2) is 7.11 Å². The maximum absolute atomic E-state index is 6.63. The molecule has 2 aliphatic carbocycles. The van der Waals surface area contributed by atoms with Gasteiger partial charge in [0, 0.05) is 5.54 Å². The van der Waals surface area contributed by atoms with Crippen LogP contribution in [0.5, 0.6) is 5.75 Å². The molecule has 0 atom stereocenters. The van der Waals surface area contributed by atoms with Crippen molar-refractivity contribution in [1.29, 1.82) is 0 Å². The van der Waals surface area contributed by atoms with Crippen LogP contribution in [0.25, 0.3) is 0 Å². The van der Waals surface area contributed by atoms with Crippen LogP contribution in [0.3, 0.4) is 0 Å². The Kier molecular flexibility index (Phi) is 3.30. The summed E-state index contributed by atoms with van der Waals surface area (Å²) in [5.41, 5.74) is 8.39. The molecule has 0 radical (unpaired) electrons. The summed E-state index contributed by atoms with van der Waals surface area (Å²) in [6.45, 7) is 0. The molecule has 0 heterocycles. The van der Waals surface area contributed by atoms with Gasteiger partial charge in [0.15, 0.2) is 0 Å². The van der Waals surface area contributed by atoms with Crippen LogP contribution in [-0.2, 0) is 5.54 Å². The molecule has 0 bridgehead atoms. The highest BCUT2D eigenvalue weighted by Gasteiger charge is 2.52. The van der Waals surface area contributed by atoms with Crippen LogP contribution < -0.4 is 10.5 Å². The Morgan fingerprint density at radius 3 is 2.05 bits per heavy atom. The van der Waals surface area contributed by atoms with Crippen LogP contribution in [0.2, 0.25) is 0 Å². The molecule has 2 N–H and O–H groups in total. The zero-order chi connectivity index (χ0) is 13.3. The Labute approximate surface area is 116 Å². The summed E-state index contributed by atoms with van der Waals surface area (Å²) in [7, 11) is 1.71. The molecule has 1 spiro atoms. The van der Waals surface area contributed by atoms with Gasteiger partial charge in [-0.3, -0.25) is 0 Å². The summed E-state index contributed by atoms with van der Waals surface area (Å²) < 4.78 is 5.22. The van der Waals surface area contributed by atoms with Gasteiger partial charge >= 0.3 is 0 Å². The van der Waals surface area contributed by atoms with E-state index in [1.54, 1.807) is 7.11 Å². The van der Waals surface area contributed by atoms with Gasteiger partial charge in [-0.1, -0.05) is 37.8 Å². The van der Waals surface area contributed by atoms with Crippen molar-refractivity contribution in [2.75, 3.05) is 7.11 Å². The highest BCUT2D eigenvalue weighted by atomic mass is 16.5. The minimum absolute atomic E-state index is 0.0867. The van der Waals surface area contributed by atoms with E-state index in [0.29, 0.717) is 5.41 Å². The van der Waals surface area contributed by atoms with Gasteiger partial charge in [0.05, 0.1) is 7.11 Å². The van der Waals surface area contributed by atoms with Crippen molar-refractivity contribution in [1.82, 2.24) is 0 Å². The molecule has 0 aromatic heterocycles. The summed E-state index contributed by atoms with van der Waals surface area (Å²) >= 11 is 0. The van der Waals surface area contributed by atoms with Crippen molar-refractivity contribution >= 4 is 0 Å². The summed E-state index contributed by atoms with van der Waals surface area (Å²) in [6, 6.07) is 8.34. The van der Waals surface area contributed by atoms with Crippen LogP contribution in [0, 0.1) is 5.41 Å². The van der Waals surface area contributed by atoms with Gasteiger partial charge in [-0.05, 0) is 48.8 Å². The maximum Gasteiger partial charge on any atom is 0.118 e. The summed E-state index contributed by atoms with van der Waals surface area (Å²) in [5, 5.41) is 0. The van der Waals surface area contributed by atoms with Crippen molar-refractivity contribution in [2.45, 2.75) is 56.9 Å². The molecule has 2 aliphatic rings. The Bertz CT molecular complexity index is 421. The van der Waals surface area contributed by atoms with Gasteiger partial charge in [0.1, 0.15) is 5.75 Å². The molecule has 3 rings (SSSR count). The molecule has 0 saturated heterocycles. The second kappa shape index (κ2) is 4.82. The number of hydrogen-bond acceptors (Lipinski definition) is 2. The van der Waals surface area contributed by atoms with Crippen LogP contribution >= 0.6 is 0 Å². The van der Waals surface area contributed by atoms with Crippen LogP contribution in [0.15, 0.2) is 24.3 Å². The molecule has 2 saturated carbocycles. The normalized spacial score (nSPS) is 24.5. The molecule has 1 aromatic rings. The minimum atomic E-state index is -0.0867. The van der Waals surface area contributed by atoms with Crippen molar-refractivity contribution in [2.24, 2.45) is 11.1 Å². The fourth-order valence-corrected chi connectivity index (χ4v) is 4.25. The fourth-order valence-electron chi connectivity index (χ4n) is 4.25. The lowest BCUT2D eigenvalue weighted by Gasteiger charge is -2.55. The third-order valence-electron chi connectivity index (χ3n) is 5.21. The number of benzene rings is 1. The number of nitrogens with two attached hydrogens (primary N) is 1. The average molecular weight is 259 g/mol. The molecule has 19 heavy (non-hydrogen) atoms. The van der Waals surface area contributed by atoms with Gasteiger partial charge in [-0.2, -0.15) is 0 Å². The SMILES string of the molecule is COc1ccc(C2(N)CC3(CCCCCC3)C2)cc1. The summed E-state index contributed by atoms with van der Waals surface area (Å²) in [5.74, 6) is 0.913. The molecule has 0 unspecified atom stereocenters. The predicted molar refractivity (Wildman–Crippen MR) is 78.2 cm³/mol. The van der Waals surface area contributed by atoms with E-state index < -0.39 is 0 Å². The maximum atomic E-state index is 6.63. The quantitative estimate of drug-likeness (QED) is 0.871. The molecule has 2 nitrogen and oxygen atoms in total. The van der Waals surface area contributed by atoms with E-state index in [9.17, 15) is 0 Å². The largest absolute Gasteiger partial charge is 0.497 e. The molecule has 2 heteroatoms.